The zero-order chi connectivity index (χ0) is 13.6. The number of hydrogen-bond acceptors (Lipinski definition) is 3. The van der Waals surface area contributed by atoms with Crippen LogP contribution in [0.5, 0.6) is 0 Å². The molecular formula is C14H17FO3. The van der Waals surface area contributed by atoms with Crippen molar-refractivity contribution in [3.8, 4) is 0 Å². The van der Waals surface area contributed by atoms with Gasteiger partial charge < -0.3 is 9.84 Å². The summed E-state index contributed by atoms with van der Waals surface area (Å²) in [5, 5.41) is 10.0. The van der Waals surface area contributed by atoms with Crippen LogP contribution in [0.15, 0.2) is 43.0 Å². The minimum absolute atomic E-state index is 0.0587. The molecule has 98 valence electrons. The van der Waals surface area contributed by atoms with Crippen molar-refractivity contribution in [1.82, 2.24) is 0 Å². The minimum Gasteiger partial charge on any atom is -0.464 e. The maximum atomic E-state index is 14.7. The van der Waals surface area contributed by atoms with Crippen molar-refractivity contribution in [3.63, 3.8) is 0 Å². The van der Waals surface area contributed by atoms with E-state index in [4.69, 9.17) is 0 Å². The summed E-state index contributed by atoms with van der Waals surface area (Å²) in [7, 11) is 0. The molecule has 4 heteroatoms. The number of aliphatic hydroxyl groups excluding tert-OH is 1. The molecule has 3 nitrogen and oxygen atoms in total. The Hall–Kier alpha value is -1.68. The highest BCUT2D eigenvalue weighted by atomic mass is 19.1. The van der Waals surface area contributed by atoms with Crippen LogP contribution in [-0.4, -0.2) is 23.4 Å². The Morgan fingerprint density at radius 3 is 2.67 bits per heavy atom. The highest BCUT2D eigenvalue weighted by Crippen LogP contribution is 2.34. The van der Waals surface area contributed by atoms with Crippen LogP contribution in [0.2, 0.25) is 0 Å². The van der Waals surface area contributed by atoms with Gasteiger partial charge in [0.05, 0.1) is 6.61 Å². The van der Waals surface area contributed by atoms with E-state index in [2.05, 4.69) is 11.3 Å². The quantitative estimate of drug-likeness (QED) is 0.625. The number of ether oxygens (including phenoxy) is 1. The third-order valence-electron chi connectivity index (χ3n) is 2.60. The zero-order valence-corrected chi connectivity index (χ0v) is 10.3. The van der Waals surface area contributed by atoms with Gasteiger partial charge in [0, 0.05) is 6.42 Å². The first-order chi connectivity index (χ1) is 8.56. The number of hydrogen-bond donors (Lipinski definition) is 1. The molecule has 1 aromatic carbocycles. The number of allylic oxidation sites excluding steroid dienone is 1. The minimum atomic E-state index is -2.50. The molecule has 0 aliphatic rings. The summed E-state index contributed by atoms with van der Waals surface area (Å²) in [6.45, 7) is 5.05. The molecule has 2 atom stereocenters. The molecule has 1 rings (SSSR count). The highest BCUT2D eigenvalue weighted by molar-refractivity contribution is 5.80. The van der Waals surface area contributed by atoms with Crippen molar-refractivity contribution < 1.29 is 19.0 Å². The van der Waals surface area contributed by atoms with E-state index in [0.717, 1.165) is 0 Å². The summed E-state index contributed by atoms with van der Waals surface area (Å²) < 4.78 is 19.3. The number of aliphatic hydroxyl groups is 1. The van der Waals surface area contributed by atoms with Crippen molar-refractivity contribution >= 4 is 5.97 Å². The molecule has 0 fully saturated rings. The summed E-state index contributed by atoms with van der Waals surface area (Å²) in [6.07, 6.45) is -0.624. The molecule has 0 unspecified atom stereocenters. The molecule has 0 saturated heterocycles. The summed E-state index contributed by atoms with van der Waals surface area (Å²) in [6, 6.07) is 8.19. The lowest BCUT2D eigenvalue weighted by atomic mass is 9.90. The normalized spacial score (nSPS) is 15.5. The van der Waals surface area contributed by atoms with Gasteiger partial charge in [-0.15, -0.1) is 6.58 Å². The standard InChI is InChI=1S/C14H17FO3/c1-3-10-14(15,13(17)18-4-2)12(16)11-8-6-5-7-9-11/h3,5-9,12,16H,1,4,10H2,2H3/t12-,14+/m1/s1. The summed E-state index contributed by atoms with van der Waals surface area (Å²) in [5.74, 6) is -1.07. The van der Waals surface area contributed by atoms with Gasteiger partial charge in [-0.2, -0.15) is 0 Å². The average Bonchev–Trinajstić information content (AvgIpc) is 2.39. The molecule has 0 aromatic heterocycles. The number of carbonyl (C=O) groups is 1. The van der Waals surface area contributed by atoms with E-state index in [1.54, 1.807) is 37.3 Å². The second kappa shape index (κ2) is 6.31. The highest BCUT2D eigenvalue weighted by Gasteiger charge is 2.47. The van der Waals surface area contributed by atoms with Crippen LogP contribution in [0.3, 0.4) is 0 Å². The Bertz CT molecular complexity index is 405. The van der Waals surface area contributed by atoms with Crippen LogP contribution >= 0.6 is 0 Å². The third kappa shape index (κ3) is 2.96. The van der Waals surface area contributed by atoms with Crippen molar-refractivity contribution in [2.75, 3.05) is 6.61 Å². The predicted octanol–water partition coefficient (Wildman–Crippen LogP) is 2.57. The van der Waals surface area contributed by atoms with E-state index in [0.29, 0.717) is 5.56 Å². The summed E-state index contributed by atoms with van der Waals surface area (Å²) in [5.41, 5.74) is -2.17. The van der Waals surface area contributed by atoms with E-state index in [1.165, 1.54) is 6.08 Å². The second-order valence-corrected chi connectivity index (χ2v) is 3.89. The van der Waals surface area contributed by atoms with Gasteiger partial charge >= 0.3 is 5.97 Å². The monoisotopic (exact) mass is 252 g/mol. The van der Waals surface area contributed by atoms with Crippen molar-refractivity contribution in [3.05, 3.63) is 48.6 Å². The van der Waals surface area contributed by atoms with Gasteiger partial charge in [-0.25, -0.2) is 9.18 Å². The second-order valence-electron chi connectivity index (χ2n) is 3.89. The fourth-order valence-corrected chi connectivity index (χ4v) is 1.67. The smallest absolute Gasteiger partial charge is 0.347 e. The van der Waals surface area contributed by atoms with Crippen molar-refractivity contribution in [1.29, 1.82) is 0 Å². The Balaban J connectivity index is 3.04. The zero-order valence-electron chi connectivity index (χ0n) is 10.3. The molecule has 1 N–H and O–H groups in total. The molecule has 0 bridgehead atoms. The lowest BCUT2D eigenvalue weighted by Crippen LogP contribution is -2.41. The summed E-state index contributed by atoms with van der Waals surface area (Å²) in [4.78, 5) is 11.7. The number of esters is 1. The molecular weight excluding hydrogens is 235 g/mol. The number of rotatable bonds is 6. The largest absolute Gasteiger partial charge is 0.464 e. The van der Waals surface area contributed by atoms with Crippen LogP contribution in [0.1, 0.15) is 25.0 Å². The fraction of sp³-hybridized carbons (Fsp3) is 0.357. The first-order valence-corrected chi connectivity index (χ1v) is 5.76. The van der Waals surface area contributed by atoms with Crippen LogP contribution in [0, 0.1) is 0 Å². The van der Waals surface area contributed by atoms with Gasteiger partial charge in [0.15, 0.2) is 0 Å². The van der Waals surface area contributed by atoms with E-state index in [-0.39, 0.29) is 13.0 Å². The van der Waals surface area contributed by atoms with E-state index >= 15 is 0 Å². The van der Waals surface area contributed by atoms with Gasteiger partial charge in [-0.1, -0.05) is 36.4 Å². The first-order valence-electron chi connectivity index (χ1n) is 5.76. The summed E-state index contributed by atoms with van der Waals surface area (Å²) >= 11 is 0. The Morgan fingerprint density at radius 2 is 2.17 bits per heavy atom. The van der Waals surface area contributed by atoms with Gasteiger partial charge in [0.1, 0.15) is 6.10 Å². The number of alkyl halides is 1. The Kier molecular flexibility index (Phi) is 5.04. The van der Waals surface area contributed by atoms with Crippen molar-refractivity contribution in [2.24, 2.45) is 0 Å². The number of benzene rings is 1. The van der Waals surface area contributed by atoms with E-state index in [9.17, 15) is 14.3 Å². The van der Waals surface area contributed by atoms with Crippen molar-refractivity contribution in [2.45, 2.75) is 25.1 Å². The maximum Gasteiger partial charge on any atom is 0.347 e. The average molecular weight is 252 g/mol. The van der Waals surface area contributed by atoms with Crippen LogP contribution in [0.4, 0.5) is 4.39 Å². The van der Waals surface area contributed by atoms with Gasteiger partial charge in [0.25, 0.3) is 0 Å². The molecule has 1 aromatic rings. The molecule has 0 aliphatic carbocycles. The number of halogens is 1. The lowest BCUT2D eigenvalue weighted by Gasteiger charge is -2.27. The molecule has 0 spiro atoms. The Morgan fingerprint density at radius 1 is 1.56 bits per heavy atom. The molecule has 0 radical (unpaired) electrons. The third-order valence-corrected chi connectivity index (χ3v) is 2.60. The lowest BCUT2D eigenvalue weighted by molar-refractivity contribution is -0.166. The SMILES string of the molecule is C=CC[C@@](F)(C(=O)OCC)[C@H](O)c1ccccc1. The number of carbonyl (C=O) groups excluding carboxylic acids is 1. The predicted molar refractivity (Wildman–Crippen MR) is 66.7 cm³/mol. The fourth-order valence-electron chi connectivity index (χ4n) is 1.67. The van der Waals surface area contributed by atoms with Crippen LogP contribution < -0.4 is 0 Å². The molecule has 0 heterocycles. The van der Waals surface area contributed by atoms with E-state index < -0.39 is 17.7 Å². The Labute approximate surface area is 106 Å². The molecule has 0 saturated carbocycles. The van der Waals surface area contributed by atoms with Gasteiger partial charge in [0.2, 0.25) is 5.67 Å². The molecule has 18 heavy (non-hydrogen) atoms. The van der Waals surface area contributed by atoms with Crippen LogP contribution in [0.25, 0.3) is 0 Å². The maximum absolute atomic E-state index is 14.7. The van der Waals surface area contributed by atoms with E-state index in [1.807, 2.05) is 0 Å². The molecule has 0 aliphatic heterocycles. The van der Waals surface area contributed by atoms with Gasteiger partial charge in [-0.3, -0.25) is 0 Å². The van der Waals surface area contributed by atoms with Crippen LogP contribution in [-0.2, 0) is 9.53 Å². The topological polar surface area (TPSA) is 46.5 Å². The first kappa shape index (κ1) is 14.4. The molecule has 0 amide bonds. The van der Waals surface area contributed by atoms with Gasteiger partial charge in [-0.05, 0) is 12.5 Å².